The van der Waals surface area contributed by atoms with E-state index < -0.39 is 4.92 Å². The van der Waals surface area contributed by atoms with Gasteiger partial charge >= 0.3 is 0 Å². The van der Waals surface area contributed by atoms with E-state index in [2.05, 4.69) is 6.92 Å². The van der Waals surface area contributed by atoms with Crippen LogP contribution in [0, 0.1) is 10.1 Å². The number of nitro groups is 1. The summed E-state index contributed by atoms with van der Waals surface area (Å²) in [6.07, 6.45) is 1.59. The molecule has 0 heterocycles. The molecule has 0 amide bonds. The highest BCUT2D eigenvalue weighted by atomic mass is 32.2. The quantitative estimate of drug-likeness (QED) is 0.471. The topological polar surface area (TPSA) is 60.2 Å². The fourth-order valence-electron chi connectivity index (χ4n) is 1.80. The number of rotatable bonds is 5. The van der Waals surface area contributed by atoms with Crippen LogP contribution in [0.3, 0.4) is 0 Å². The first kappa shape index (κ1) is 14.3. The van der Waals surface area contributed by atoms with E-state index in [0.717, 1.165) is 11.3 Å². The van der Waals surface area contributed by atoms with Gasteiger partial charge in [0.25, 0.3) is 5.69 Å². The molecule has 0 radical (unpaired) electrons. The smallest absolute Gasteiger partial charge is 0.283 e. The third kappa shape index (κ3) is 3.05. The van der Waals surface area contributed by atoms with E-state index in [0.29, 0.717) is 16.7 Å². The fourth-order valence-corrected chi connectivity index (χ4v) is 2.79. The molecule has 20 heavy (non-hydrogen) atoms. The van der Waals surface area contributed by atoms with Crippen LogP contribution in [0.1, 0.15) is 22.8 Å². The van der Waals surface area contributed by atoms with E-state index in [4.69, 9.17) is 0 Å². The minimum absolute atomic E-state index is 0.0424. The summed E-state index contributed by atoms with van der Waals surface area (Å²) in [5.74, 6) is 0. The Morgan fingerprint density at radius 3 is 2.45 bits per heavy atom. The highest BCUT2D eigenvalue weighted by Crippen LogP contribution is 2.36. The Morgan fingerprint density at radius 2 is 1.90 bits per heavy atom. The van der Waals surface area contributed by atoms with Gasteiger partial charge < -0.3 is 0 Å². The molecular weight excluding hydrogens is 274 g/mol. The summed E-state index contributed by atoms with van der Waals surface area (Å²) >= 11 is 1.24. The van der Waals surface area contributed by atoms with Crippen LogP contribution in [0.25, 0.3) is 0 Å². The molecule has 102 valence electrons. The number of carbonyl (C=O) groups is 1. The standard InChI is InChI=1S/C15H13NO3S/c1-2-11-6-8-13(9-7-11)20-15-12(10-17)4-3-5-14(15)16(18)19/h3-10H,2H2,1H3. The first-order valence-electron chi connectivity index (χ1n) is 6.15. The summed E-state index contributed by atoms with van der Waals surface area (Å²) in [5, 5.41) is 11.1. The maximum absolute atomic E-state index is 11.1. The number of aryl methyl sites for hydroxylation is 1. The molecule has 2 rings (SSSR count). The van der Waals surface area contributed by atoms with Crippen LogP contribution in [0.5, 0.6) is 0 Å². The van der Waals surface area contributed by atoms with Gasteiger partial charge in [-0.1, -0.05) is 43.0 Å². The van der Waals surface area contributed by atoms with Crippen molar-refractivity contribution in [2.45, 2.75) is 23.1 Å². The first-order valence-corrected chi connectivity index (χ1v) is 6.96. The lowest BCUT2D eigenvalue weighted by Crippen LogP contribution is -1.94. The Morgan fingerprint density at radius 1 is 1.20 bits per heavy atom. The van der Waals surface area contributed by atoms with Crippen molar-refractivity contribution in [2.24, 2.45) is 0 Å². The second-order valence-corrected chi connectivity index (χ2v) is 5.25. The van der Waals surface area contributed by atoms with Crippen molar-refractivity contribution in [2.75, 3.05) is 0 Å². The van der Waals surface area contributed by atoms with Crippen LogP contribution in [-0.2, 0) is 6.42 Å². The molecule has 0 saturated carbocycles. The summed E-state index contributed by atoms with van der Waals surface area (Å²) in [6, 6.07) is 12.3. The molecule has 0 spiro atoms. The van der Waals surface area contributed by atoms with Crippen LogP contribution in [-0.4, -0.2) is 11.2 Å². The number of aldehydes is 1. The minimum Gasteiger partial charge on any atom is -0.298 e. The number of hydrogen-bond acceptors (Lipinski definition) is 4. The van der Waals surface area contributed by atoms with Crippen molar-refractivity contribution in [3.63, 3.8) is 0 Å². The molecule has 2 aromatic carbocycles. The molecule has 0 atom stereocenters. The van der Waals surface area contributed by atoms with Gasteiger partial charge in [-0.05, 0) is 24.1 Å². The lowest BCUT2D eigenvalue weighted by Gasteiger charge is -2.06. The van der Waals surface area contributed by atoms with Crippen molar-refractivity contribution >= 4 is 23.7 Å². The number of benzene rings is 2. The number of nitro benzene ring substituents is 1. The van der Waals surface area contributed by atoms with Gasteiger partial charge in [-0.2, -0.15) is 0 Å². The van der Waals surface area contributed by atoms with E-state index in [1.165, 1.54) is 29.5 Å². The van der Waals surface area contributed by atoms with Crippen LogP contribution in [0.15, 0.2) is 52.3 Å². The largest absolute Gasteiger partial charge is 0.298 e. The molecule has 0 bridgehead atoms. The van der Waals surface area contributed by atoms with E-state index >= 15 is 0 Å². The van der Waals surface area contributed by atoms with Gasteiger partial charge in [0.05, 0.1) is 4.92 Å². The van der Waals surface area contributed by atoms with E-state index in [1.807, 2.05) is 24.3 Å². The molecule has 0 aliphatic heterocycles. The van der Waals surface area contributed by atoms with Crippen molar-refractivity contribution < 1.29 is 9.72 Å². The molecule has 0 N–H and O–H groups in total. The summed E-state index contributed by atoms with van der Waals surface area (Å²) < 4.78 is 0. The zero-order chi connectivity index (χ0) is 14.5. The lowest BCUT2D eigenvalue weighted by molar-refractivity contribution is -0.387. The van der Waals surface area contributed by atoms with Crippen molar-refractivity contribution in [3.05, 3.63) is 63.7 Å². The predicted molar refractivity (Wildman–Crippen MR) is 78.4 cm³/mol. The number of carbonyl (C=O) groups excluding carboxylic acids is 1. The summed E-state index contributed by atoms with van der Waals surface area (Å²) in [5.41, 5.74) is 1.50. The van der Waals surface area contributed by atoms with E-state index in [-0.39, 0.29) is 5.69 Å². The van der Waals surface area contributed by atoms with Crippen molar-refractivity contribution in [1.29, 1.82) is 0 Å². The van der Waals surface area contributed by atoms with Crippen LogP contribution < -0.4 is 0 Å². The maximum Gasteiger partial charge on any atom is 0.283 e. The fraction of sp³-hybridized carbons (Fsp3) is 0.133. The molecule has 0 fully saturated rings. The number of hydrogen-bond donors (Lipinski definition) is 0. The van der Waals surface area contributed by atoms with E-state index in [9.17, 15) is 14.9 Å². The molecule has 0 aliphatic carbocycles. The molecule has 2 aromatic rings. The van der Waals surface area contributed by atoms with E-state index in [1.54, 1.807) is 6.07 Å². The van der Waals surface area contributed by atoms with Crippen molar-refractivity contribution in [3.8, 4) is 0 Å². The zero-order valence-electron chi connectivity index (χ0n) is 10.9. The zero-order valence-corrected chi connectivity index (χ0v) is 11.7. The second kappa shape index (κ2) is 6.34. The summed E-state index contributed by atoms with van der Waals surface area (Å²) in [4.78, 5) is 22.9. The minimum atomic E-state index is -0.463. The normalized spacial score (nSPS) is 10.2. The monoisotopic (exact) mass is 287 g/mol. The average Bonchev–Trinajstić information content (AvgIpc) is 2.48. The summed E-state index contributed by atoms with van der Waals surface area (Å²) in [6.45, 7) is 2.06. The van der Waals surface area contributed by atoms with Crippen LogP contribution in [0.4, 0.5) is 5.69 Å². The van der Waals surface area contributed by atoms with Crippen molar-refractivity contribution in [1.82, 2.24) is 0 Å². The highest BCUT2D eigenvalue weighted by molar-refractivity contribution is 7.99. The van der Waals surface area contributed by atoms with Gasteiger partial charge in [0.1, 0.15) is 4.90 Å². The maximum atomic E-state index is 11.1. The van der Waals surface area contributed by atoms with Crippen LogP contribution in [0.2, 0.25) is 0 Å². The molecule has 4 nitrogen and oxygen atoms in total. The lowest BCUT2D eigenvalue weighted by atomic mass is 10.2. The van der Waals surface area contributed by atoms with Gasteiger partial charge in [-0.15, -0.1) is 0 Å². The SMILES string of the molecule is CCc1ccc(Sc2c(C=O)cccc2[N+](=O)[O-])cc1. The molecule has 0 saturated heterocycles. The molecule has 5 heteroatoms. The predicted octanol–water partition coefficient (Wildman–Crippen LogP) is 4.12. The number of nitrogens with zero attached hydrogens (tertiary/aromatic N) is 1. The Labute approximate surface area is 121 Å². The van der Waals surface area contributed by atoms with Gasteiger partial charge in [0, 0.05) is 16.5 Å². The van der Waals surface area contributed by atoms with Gasteiger partial charge in [0.2, 0.25) is 0 Å². The van der Waals surface area contributed by atoms with Crippen LogP contribution >= 0.6 is 11.8 Å². The second-order valence-electron chi connectivity index (χ2n) is 4.17. The Kier molecular flexibility index (Phi) is 4.53. The van der Waals surface area contributed by atoms with Gasteiger partial charge in [-0.3, -0.25) is 14.9 Å². The Balaban J connectivity index is 2.40. The third-order valence-corrected chi connectivity index (χ3v) is 4.06. The molecule has 0 unspecified atom stereocenters. The first-order chi connectivity index (χ1) is 9.65. The van der Waals surface area contributed by atoms with Gasteiger partial charge in [-0.25, -0.2) is 0 Å². The highest BCUT2D eigenvalue weighted by Gasteiger charge is 2.18. The van der Waals surface area contributed by atoms with Gasteiger partial charge in [0.15, 0.2) is 6.29 Å². The average molecular weight is 287 g/mol. The Hall–Kier alpha value is -2.14. The summed E-state index contributed by atoms with van der Waals surface area (Å²) in [7, 11) is 0. The molecule has 0 aromatic heterocycles. The molecular formula is C15H13NO3S. The molecule has 0 aliphatic rings. The third-order valence-electron chi connectivity index (χ3n) is 2.90. The Bertz CT molecular complexity index is 638.